The van der Waals surface area contributed by atoms with Crippen LogP contribution in [0.2, 0.25) is 0 Å². The number of aromatic amines is 1. The predicted octanol–water partition coefficient (Wildman–Crippen LogP) is 3.73. The van der Waals surface area contributed by atoms with Crippen molar-refractivity contribution in [2.24, 2.45) is 5.92 Å². The minimum absolute atomic E-state index is 0.0366. The number of fused-ring (bicyclic) bond motifs is 1. The van der Waals surface area contributed by atoms with E-state index in [2.05, 4.69) is 18.0 Å². The largest absolute Gasteiger partial charge is 0.321 e. The molecule has 0 amide bonds. The van der Waals surface area contributed by atoms with Gasteiger partial charge in [-0.25, -0.2) is 0 Å². The standard InChI is InChI=1S/C16H17NO/c1-11-6-8-12(9-7-11)14-10-13-4-2-3-5-15(13)17-16(14)18/h2-5,8,10-11H,6-7,9H2,1H3,(H,17,18)/t11-/m1/s1. The van der Waals surface area contributed by atoms with Crippen molar-refractivity contribution in [1.29, 1.82) is 0 Å². The van der Waals surface area contributed by atoms with E-state index in [9.17, 15) is 4.79 Å². The molecule has 0 saturated carbocycles. The van der Waals surface area contributed by atoms with Crippen molar-refractivity contribution in [3.05, 3.63) is 52.3 Å². The molecule has 0 fully saturated rings. The van der Waals surface area contributed by atoms with Crippen LogP contribution < -0.4 is 5.56 Å². The first-order valence-corrected chi connectivity index (χ1v) is 6.55. The Morgan fingerprint density at radius 3 is 2.89 bits per heavy atom. The van der Waals surface area contributed by atoms with Gasteiger partial charge in [-0.05, 0) is 48.3 Å². The molecule has 0 bridgehead atoms. The van der Waals surface area contributed by atoms with Gasteiger partial charge in [0.15, 0.2) is 0 Å². The molecule has 1 aliphatic rings. The molecule has 92 valence electrons. The third-order valence-corrected chi connectivity index (χ3v) is 3.77. The quantitative estimate of drug-likeness (QED) is 0.808. The number of pyridine rings is 1. The Morgan fingerprint density at radius 1 is 1.28 bits per heavy atom. The van der Waals surface area contributed by atoms with Crippen molar-refractivity contribution in [3.8, 4) is 0 Å². The number of hydrogen-bond acceptors (Lipinski definition) is 1. The zero-order valence-electron chi connectivity index (χ0n) is 10.6. The molecule has 1 aliphatic carbocycles. The van der Waals surface area contributed by atoms with Gasteiger partial charge in [0.05, 0.1) is 0 Å². The first-order chi connectivity index (χ1) is 8.74. The Kier molecular flexibility index (Phi) is 2.78. The highest BCUT2D eigenvalue weighted by Crippen LogP contribution is 2.29. The minimum atomic E-state index is 0.0366. The molecule has 3 rings (SSSR count). The first-order valence-electron chi connectivity index (χ1n) is 6.55. The van der Waals surface area contributed by atoms with E-state index in [1.165, 1.54) is 12.0 Å². The maximum absolute atomic E-state index is 12.1. The van der Waals surface area contributed by atoms with Crippen molar-refractivity contribution in [1.82, 2.24) is 4.98 Å². The fourth-order valence-corrected chi connectivity index (χ4v) is 2.60. The lowest BCUT2D eigenvalue weighted by Gasteiger charge is -2.18. The Bertz CT molecular complexity index is 666. The van der Waals surface area contributed by atoms with Crippen LogP contribution in [-0.2, 0) is 0 Å². The van der Waals surface area contributed by atoms with E-state index in [0.717, 1.165) is 35.2 Å². The first kappa shape index (κ1) is 11.3. The van der Waals surface area contributed by atoms with Gasteiger partial charge < -0.3 is 4.98 Å². The number of hydrogen-bond donors (Lipinski definition) is 1. The van der Waals surface area contributed by atoms with Crippen LogP contribution in [0.3, 0.4) is 0 Å². The normalized spacial score (nSPS) is 19.8. The van der Waals surface area contributed by atoms with E-state index in [0.29, 0.717) is 0 Å². The summed E-state index contributed by atoms with van der Waals surface area (Å²) in [4.78, 5) is 15.1. The van der Waals surface area contributed by atoms with Crippen molar-refractivity contribution in [2.45, 2.75) is 26.2 Å². The Balaban J connectivity index is 2.12. The minimum Gasteiger partial charge on any atom is -0.321 e. The number of aromatic nitrogens is 1. The molecule has 0 saturated heterocycles. The second kappa shape index (κ2) is 4.45. The second-order valence-electron chi connectivity index (χ2n) is 5.21. The SMILES string of the molecule is C[C@@H]1CC=C(c2cc3ccccc3[nH]c2=O)CC1. The number of H-pyrrole nitrogens is 1. The number of benzene rings is 1. The van der Waals surface area contributed by atoms with Gasteiger partial charge in [0.1, 0.15) is 0 Å². The Morgan fingerprint density at radius 2 is 2.11 bits per heavy atom. The zero-order chi connectivity index (χ0) is 12.5. The third kappa shape index (κ3) is 1.99. The summed E-state index contributed by atoms with van der Waals surface area (Å²) in [6.07, 6.45) is 5.51. The fraction of sp³-hybridized carbons (Fsp3) is 0.312. The third-order valence-electron chi connectivity index (χ3n) is 3.77. The van der Waals surface area contributed by atoms with Crippen LogP contribution in [0.5, 0.6) is 0 Å². The second-order valence-corrected chi connectivity index (χ2v) is 5.21. The average molecular weight is 239 g/mol. The molecule has 2 nitrogen and oxygen atoms in total. The predicted molar refractivity (Wildman–Crippen MR) is 75.6 cm³/mol. The molecule has 1 aromatic carbocycles. The summed E-state index contributed by atoms with van der Waals surface area (Å²) in [7, 11) is 0. The number of nitrogens with one attached hydrogen (secondary N) is 1. The van der Waals surface area contributed by atoms with Crippen LogP contribution in [0, 0.1) is 5.92 Å². The molecule has 1 heterocycles. The summed E-state index contributed by atoms with van der Waals surface area (Å²) >= 11 is 0. The maximum atomic E-state index is 12.1. The van der Waals surface area contributed by atoms with Crippen LogP contribution in [0.4, 0.5) is 0 Å². The van der Waals surface area contributed by atoms with Gasteiger partial charge in [-0.3, -0.25) is 4.79 Å². The van der Waals surface area contributed by atoms with E-state index in [-0.39, 0.29) is 5.56 Å². The van der Waals surface area contributed by atoms with Crippen LogP contribution in [0.1, 0.15) is 31.7 Å². The lowest BCUT2D eigenvalue weighted by Crippen LogP contribution is -2.13. The average Bonchev–Trinajstić information content (AvgIpc) is 2.39. The van der Waals surface area contributed by atoms with Crippen LogP contribution in [0.15, 0.2) is 41.2 Å². The lowest BCUT2D eigenvalue weighted by molar-refractivity contribution is 0.533. The van der Waals surface area contributed by atoms with Crippen LogP contribution in [0.25, 0.3) is 16.5 Å². The molecule has 0 aliphatic heterocycles. The van der Waals surface area contributed by atoms with Crippen molar-refractivity contribution >= 4 is 16.5 Å². The zero-order valence-corrected chi connectivity index (χ0v) is 10.6. The van der Waals surface area contributed by atoms with Gasteiger partial charge in [0.25, 0.3) is 5.56 Å². The Labute approximate surface area is 106 Å². The molecule has 1 aromatic heterocycles. The molecule has 0 unspecified atom stereocenters. The van der Waals surface area contributed by atoms with E-state index in [1.807, 2.05) is 30.3 Å². The molecule has 1 atom stereocenters. The Hall–Kier alpha value is -1.83. The molecule has 2 aromatic rings. The highest BCUT2D eigenvalue weighted by atomic mass is 16.1. The van der Waals surface area contributed by atoms with Crippen LogP contribution >= 0.6 is 0 Å². The monoisotopic (exact) mass is 239 g/mol. The molecular weight excluding hydrogens is 222 g/mol. The van der Waals surface area contributed by atoms with Crippen molar-refractivity contribution in [2.75, 3.05) is 0 Å². The smallest absolute Gasteiger partial charge is 0.255 e. The van der Waals surface area contributed by atoms with Crippen molar-refractivity contribution < 1.29 is 0 Å². The summed E-state index contributed by atoms with van der Waals surface area (Å²) in [6.45, 7) is 2.26. The summed E-state index contributed by atoms with van der Waals surface area (Å²) < 4.78 is 0. The molecular formula is C16H17NO. The highest BCUT2D eigenvalue weighted by Gasteiger charge is 2.14. The van der Waals surface area contributed by atoms with E-state index in [4.69, 9.17) is 0 Å². The van der Waals surface area contributed by atoms with E-state index < -0.39 is 0 Å². The van der Waals surface area contributed by atoms with Gasteiger partial charge in [-0.1, -0.05) is 31.2 Å². The van der Waals surface area contributed by atoms with Gasteiger partial charge in [-0.15, -0.1) is 0 Å². The summed E-state index contributed by atoms with van der Waals surface area (Å²) in [5.74, 6) is 0.744. The van der Waals surface area contributed by atoms with E-state index in [1.54, 1.807) is 0 Å². The van der Waals surface area contributed by atoms with Gasteiger partial charge in [0.2, 0.25) is 0 Å². The molecule has 2 heteroatoms. The number of allylic oxidation sites excluding steroid dienone is 2. The number of para-hydroxylation sites is 1. The molecule has 0 spiro atoms. The van der Waals surface area contributed by atoms with Crippen LogP contribution in [-0.4, -0.2) is 4.98 Å². The van der Waals surface area contributed by atoms with E-state index >= 15 is 0 Å². The maximum Gasteiger partial charge on any atom is 0.255 e. The lowest BCUT2D eigenvalue weighted by atomic mass is 9.88. The molecule has 1 N–H and O–H groups in total. The number of rotatable bonds is 1. The van der Waals surface area contributed by atoms with Gasteiger partial charge in [-0.2, -0.15) is 0 Å². The summed E-state index contributed by atoms with van der Waals surface area (Å²) in [6, 6.07) is 9.95. The molecule has 0 radical (unpaired) electrons. The summed E-state index contributed by atoms with van der Waals surface area (Å²) in [5.41, 5.74) is 3.01. The molecule has 18 heavy (non-hydrogen) atoms. The van der Waals surface area contributed by atoms with Crippen molar-refractivity contribution in [3.63, 3.8) is 0 Å². The summed E-state index contributed by atoms with van der Waals surface area (Å²) in [5, 5.41) is 1.10. The highest BCUT2D eigenvalue weighted by molar-refractivity contribution is 5.82. The van der Waals surface area contributed by atoms with Gasteiger partial charge >= 0.3 is 0 Å². The van der Waals surface area contributed by atoms with Gasteiger partial charge in [0, 0.05) is 11.1 Å². The topological polar surface area (TPSA) is 32.9 Å². The fourth-order valence-electron chi connectivity index (χ4n) is 2.60.